The van der Waals surface area contributed by atoms with Crippen molar-refractivity contribution in [2.24, 2.45) is 5.92 Å². The van der Waals surface area contributed by atoms with Crippen molar-refractivity contribution in [2.45, 2.75) is 13.3 Å². The second kappa shape index (κ2) is 6.25. The number of rotatable bonds is 6. The van der Waals surface area contributed by atoms with Gasteiger partial charge in [0.05, 0.1) is 26.4 Å². The molecule has 0 aliphatic carbocycles. The van der Waals surface area contributed by atoms with Crippen LogP contribution in [0.25, 0.3) is 0 Å². The van der Waals surface area contributed by atoms with Crippen LogP contribution in [0, 0.1) is 5.92 Å². The van der Waals surface area contributed by atoms with Gasteiger partial charge in [0.15, 0.2) is 5.78 Å². The Labute approximate surface area is 101 Å². The summed E-state index contributed by atoms with van der Waals surface area (Å²) in [7, 11) is 3.05. The van der Waals surface area contributed by atoms with E-state index in [1.54, 1.807) is 25.3 Å². The van der Waals surface area contributed by atoms with Gasteiger partial charge < -0.3 is 14.6 Å². The fourth-order valence-electron chi connectivity index (χ4n) is 1.62. The van der Waals surface area contributed by atoms with Gasteiger partial charge in [-0.15, -0.1) is 0 Å². The van der Waals surface area contributed by atoms with Crippen LogP contribution in [0.1, 0.15) is 23.7 Å². The molecule has 0 saturated carbocycles. The van der Waals surface area contributed by atoms with Gasteiger partial charge in [0.25, 0.3) is 0 Å². The van der Waals surface area contributed by atoms with Crippen LogP contribution in [0.15, 0.2) is 18.2 Å². The molecule has 4 heteroatoms. The van der Waals surface area contributed by atoms with E-state index < -0.39 is 5.92 Å². The number of carbonyl (C=O) groups is 1. The molecular weight excluding hydrogens is 220 g/mol. The molecular formula is C13H18O4. The number of ketones is 1. The summed E-state index contributed by atoms with van der Waals surface area (Å²) in [5.41, 5.74) is 0.452. The molecule has 1 N–H and O–H groups in total. The summed E-state index contributed by atoms with van der Waals surface area (Å²) in [6.45, 7) is 1.71. The maximum atomic E-state index is 12.2. The molecule has 17 heavy (non-hydrogen) atoms. The number of aliphatic hydroxyl groups excluding tert-OH is 1. The Morgan fingerprint density at radius 2 is 2.06 bits per heavy atom. The second-order valence-electron chi connectivity index (χ2n) is 3.72. The molecule has 0 aromatic heterocycles. The number of hydrogen-bond acceptors (Lipinski definition) is 4. The largest absolute Gasteiger partial charge is 0.497 e. The summed E-state index contributed by atoms with van der Waals surface area (Å²) >= 11 is 0. The molecule has 1 atom stereocenters. The lowest BCUT2D eigenvalue weighted by Gasteiger charge is -2.14. The zero-order chi connectivity index (χ0) is 12.8. The van der Waals surface area contributed by atoms with Gasteiger partial charge in [0.1, 0.15) is 11.5 Å². The lowest BCUT2D eigenvalue weighted by Crippen LogP contribution is -2.18. The number of methoxy groups -OCH3 is 2. The molecule has 0 bridgehead atoms. The molecule has 0 fully saturated rings. The van der Waals surface area contributed by atoms with E-state index >= 15 is 0 Å². The third kappa shape index (κ3) is 2.97. The molecule has 0 saturated heterocycles. The summed E-state index contributed by atoms with van der Waals surface area (Å²) in [6.07, 6.45) is 0.593. The molecule has 94 valence electrons. The third-order valence-electron chi connectivity index (χ3n) is 2.76. The smallest absolute Gasteiger partial charge is 0.172 e. The van der Waals surface area contributed by atoms with Crippen molar-refractivity contribution < 1.29 is 19.4 Å². The van der Waals surface area contributed by atoms with E-state index in [1.165, 1.54) is 7.11 Å². The Morgan fingerprint density at radius 3 is 2.53 bits per heavy atom. The zero-order valence-corrected chi connectivity index (χ0v) is 10.4. The molecule has 1 rings (SSSR count). The Bertz CT molecular complexity index is 383. The molecule has 0 amide bonds. The van der Waals surface area contributed by atoms with Crippen LogP contribution in [0.2, 0.25) is 0 Å². The molecule has 1 aromatic rings. The van der Waals surface area contributed by atoms with Crippen LogP contribution in [-0.4, -0.2) is 31.7 Å². The Hall–Kier alpha value is -1.55. The first-order valence-corrected chi connectivity index (χ1v) is 5.55. The monoisotopic (exact) mass is 238 g/mol. The predicted octanol–water partition coefficient (Wildman–Crippen LogP) is 1.91. The maximum Gasteiger partial charge on any atom is 0.172 e. The zero-order valence-electron chi connectivity index (χ0n) is 10.4. The summed E-state index contributed by atoms with van der Waals surface area (Å²) in [4.78, 5) is 12.2. The van der Waals surface area contributed by atoms with Crippen LogP contribution in [-0.2, 0) is 0 Å². The van der Waals surface area contributed by atoms with Crippen molar-refractivity contribution >= 4 is 5.78 Å². The SMILES string of the molecule is CCC(CO)C(=O)c1cc(OC)ccc1OC. The quantitative estimate of drug-likeness (QED) is 0.769. The number of Topliss-reactive ketones (excluding diaryl/α,β-unsaturated/α-hetero) is 1. The van der Waals surface area contributed by atoms with Crippen LogP contribution >= 0.6 is 0 Å². The number of carbonyl (C=O) groups excluding carboxylic acids is 1. The number of ether oxygens (including phenoxy) is 2. The molecule has 0 aliphatic heterocycles. The van der Waals surface area contributed by atoms with Gasteiger partial charge in [-0.3, -0.25) is 4.79 Å². The highest BCUT2D eigenvalue weighted by Crippen LogP contribution is 2.27. The molecule has 0 radical (unpaired) electrons. The second-order valence-corrected chi connectivity index (χ2v) is 3.72. The molecule has 0 heterocycles. The Balaban J connectivity index is 3.13. The van der Waals surface area contributed by atoms with E-state index in [-0.39, 0.29) is 12.4 Å². The van der Waals surface area contributed by atoms with Crippen LogP contribution in [0.4, 0.5) is 0 Å². The Morgan fingerprint density at radius 1 is 1.35 bits per heavy atom. The van der Waals surface area contributed by atoms with E-state index in [1.807, 2.05) is 6.92 Å². The van der Waals surface area contributed by atoms with Crippen LogP contribution < -0.4 is 9.47 Å². The van der Waals surface area contributed by atoms with Crippen molar-refractivity contribution in [3.05, 3.63) is 23.8 Å². The minimum absolute atomic E-state index is 0.120. The van der Waals surface area contributed by atoms with Crippen LogP contribution in [0.3, 0.4) is 0 Å². The van der Waals surface area contributed by atoms with Crippen molar-refractivity contribution in [2.75, 3.05) is 20.8 Å². The van der Waals surface area contributed by atoms with Crippen molar-refractivity contribution in [1.29, 1.82) is 0 Å². The molecule has 4 nitrogen and oxygen atoms in total. The first-order chi connectivity index (χ1) is 8.17. The van der Waals surface area contributed by atoms with Crippen molar-refractivity contribution in [3.8, 4) is 11.5 Å². The van der Waals surface area contributed by atoms with Gasteiger partial charge in [-0.2, -0.15) is 0 Å². The molecule has 1 unspecified atom stereocenters. The lowest BCUT2D eigenvalue weighted by atomic mass is 9.95. The van der Waals surface area contributed by atoms with Gasteiger partial charge in [-0.05, 0) is 24.6 Å². The van der Waals surface area contributed by atoms with Gasteiger partial charge >= 0.3 is 0 Å². The van der Waals surface area contributed by atoms with Gasteiger partial charge in [-0.25, -0.2) is 0 Å². The highest BCUT2D eigenvalue weighted by atomic mass is 16.5. The fraction of sp³-hybridized carbons (Fsp3) is 0.462. The average Bonchev–Trinajstić information content (AvgIpc) is 2.39. The standard InChI is InChI=1S/C13H18O4/c1-4-9(8-14)13(15)11-7-10(16-2)5-6-12(11)17-3/h5-7,9,14H,4,8H2,1-3H3. The normalized spacial score (nSPS) is 12.0. The van der Waals surface area contributed by atoms with Crippen LogP contribution in [0.5, 0.6) is 11.5 Å². The first kappa shape index (κ1) is 13.5. The van der Waals surface area contributed by atoms with E-state index in [0.717, 1.165) is 0 Å². The fourth-order valence-corrected chi connectivity index (χ4v) is 1.62. The summed E-state index contributed by atoms with van der Waals surface area (Å²) in [6, 6.07) is 5.06. The van der Waals surface area contributed by atoms with E-state index in [9.17, 15) is 4.79 Å². The van der Waals surface area contributed by atoms with E-state index in [4.69, 9.17) is 14.6 Å². The number of hydrogen-bond donors (Lipinski definition) is 1. The number of benzene rings is 1. The van der Waals surface area contributed by atoms with Crippen molar-refractivity contribution in [3.63, 3.8) is 0 Å². The van der Waals surface area contributed by atoms with Gasteiger partial charge in [-0.1, -0.05) is 6.92 Å². The van der Waals surface area contributed by atoms with E-state index in [2.05, 4.69) is 0 Å². The highest BCUT2D eigenvalue weighted by Gasteiger charge is 2.21. The molecule has 1 aromatic carbocycles. The average molecular weight is 238 g/mol. The van der Waals surface area contributed by atoms with Crippen molar-refractivity contribution in [1.82, 2.24) is 0 Å². The topological polar surface area (TPSA) is 55.8 Å². The molecule has 0 spiro atoms. The Kier molecular flexibility index (Phi) is 4.97. The van der Waals surface area contributed by atoms with Gasteiger partial charge in [0, 0.05) is 5.92 Å². The third-order valence-corrected chi connectivity index (χ3v) is 2.76. The number of aliphatic hydroxyl groups is 1. The minimum Gasteiger partial charge on any atom is -0.497 e. The predicted molar refractivity (Wildman–Crippen MR) is 64.7 cm³/mol. The first-order valence-electron chi connectivity index (χ1n) is 5.55. The summed E-state index contributed by atoms with van der Waals surface area (Å²) in [5.74, 6) is 0.589. The lowest BCUT2D eigenvalue weighted by molar-refractivity contribution is 0.0853. The van der Waals surface area contributed by atoms with Gasteiger partial charge in [0.2, 0.25) is 0 Å². The maximum absolute atomic E-state index is 12.2. The minimum atomic E-state index is -0.393. The highest BCUT2D eigenvalue weighted by molar-refractivity contribution is 6.00. The molecule has 0 aliphatic rings. The summed E-state index contributed by atoms with van der Waals surface area (Å²) < 4.78 is 10.2. The van der Waals surface area contributed by atoms with E-state index in [0.29, 0.717) is 23.5 Å². The summed E-state index contributed by atoms with van der Waals surface area (Å²) in [5, 5.41) is 9.15.